The Morgan fingerprint density at radius 2 is 0.863 bits per heavy atom. The summed E-state index contributed by atoms with van der Waals surface area (Å²) in [6, 6.07) is 67.4. The van der Waals surface area contributed by atoms with Crippen LogP contribution in [0.3, 0.4) is 0 Å². The number of hydrogen-bond donors (Lipinski definition) is 0. The largest absolute Gasteiger partial charge is 0.456 e. The van der Waals surface area contributed by atoms with E-state index in [9.17, 15) is 0 Å². The van der Waals surface area contributed by atoms with Crippen molar-refractivity contribution in [3.63, 3.8) is 0 Å². The van der Waals surface area contributed by atoms with Crippen molar-refractivity contribution in [1.82, 2.24) is 0 Å². The van der Waals surface area contributed by atoms with Gasteiger partial charge >= 0.3 is 0 Å². The number of anilines is 3. The predicted molar refractivity (Wildman–Crippen MR) is 218 cm³/mol. The van der Waals surface area contributed by atoms with E-state index in [-0.39, 0.29) is 0 Å². The molecular formula is C48H31NOS. The first-order valence-electron chi connectivity index (χ1n) is 17.2. The summed E-state index contributed by atoms with van der Waals surface area (Å²) in [5.74, 6) is 0. The van der Waals surface area contributed by atoms with Crippen molar-refractivity contribution in [3.05, 3.63) is 188 Å². The molecule has 0 aliphatic rings. The first-order chi connectivity index (χ1) is 25.3. The van der Waals surface area contributed by atoms with E-state index in [0.717, 1.165) is 39.0 Å². The summed E-state index contributed by atoms with van der Waals surface area (Å²) in [5.41, 5.74) is 12.2. The van der Waals surface area contributed by atoms with Gasteiger partial charge in [0.05, 0.1) is 11.1 Å². The third-order valence-electron chi connectivity index (χ3n) is 9.91. The van der Waals surface area contributed by atoms with Crippen LogP contribution in [0.1, 0.15) is 0 Å². The van der Waals surface area contributed by atoms with Gasteiger partial charge in [-0.05, 0) is 88.0 Å². The van der Waals surface area contributed by atoms with Crippen LogP contribution in [0.25, 0.3) is 75.5 Å². The smallest absolute Gasteiger partial charge is 0.137 e. The average molecular weight is 670 g/mol. The zero-order valence-corrected chi connectivity index (χ0v) is 28.5. The Hall–Kier alpha value is -6.42. The average Bonchev–Trinajstić information content (AvgIpc) is 3.77. The molecule has 2 nitrogen and oxygen atoms in total. The molecule has 0 amide bonds. The number of benzene rings is 8. The molecule has 0 spiro atoms. The summed E-state index contributed by atoms with van der Waals surface area (Å²) < 4.78 is 8.98. The van der Waals surface area contributed by atoms with Gasteiger partial charge in [-0.25, -0.2) is 0 Å². The van der Waals surface area contributed by atoms with E-state index in [4.69, 9.17) is 4.42 Å². The van der Waals surface area contributed by atoms with E-state index >= 15 is 0 Å². The molecule has 10 aromatic rings. The number of thiophene rings is 1. The fraction of sp³-hybridized carbons (Fsp3) is 0. The number of fused-ring (bicyclic) bond motifs is 6. The van der Waals surface area contributed by atoms with Crippen LogP contribution in [0.2, 0.25) is 0 Å². The Kier molecular flexibility index (Phi) is 7.04. The van der Waals surface area contributed by atoms with E-state index in [1.165, 1.54) is 53.6 Å². The van der Waals surface area contributed by atoms with Crippen LogP contribution < -0.4 is 4.90 Å². The molecule has 2 heterocycles. The zero-order valence-electron chi connectivity index (χ0n) is 27.7. The summed E-state index contributed by atoms with van der Waals surface area (Å²) in [5, 5.41) is 4.86. The summed E-state index contributed by atoms with van der Waals surface area (Å²) >= 11 is 1.86. The van der Waals surface area contributed by atoms with Crippen molar-refractivity contribution in [2.45, 2.75) is 0 Å². The first kappa shape index (κ1) is 29.5. The molecule has 0 N–H and O–H groups in total. The fourth-order valence-corrected chi connectivity index (χ4v) is 8.51. The van der Waals surface area contributed by atoms with Crippen molar-refractivity contribution in [3.8, 4) is 33.4 Å². The minimum atomic E-state index is 0.877. The highest BCUT2D eigenvalue weighted by Gasteiger charge is 2.19. The maximum absolute atomic E-state index is 6.34. The molecule has 0 atom stereocenters. The summed E-state index contributed by atoms with van der Waals surface area (Å²) in [6.45, 7) is 0. The second kappa shape index (κ2) is 12.2. The Labute approximate surface area is 300 Å². The first-order valence-corrected chi connectivity index (χ1v) is 18.1. The van der Waals surface area contributed by atoms with E-state index in [2.05, 4.69) is 181 Å². The number of hydrogen-bond acceptors (Lipinski definition) is 3. The topological polar surface area (TPSA) is 16.4 Å². The van der Waals surface area contributed by atoms with E-state index in [0.29, 0.717) is 0 Å². The normalized spacial score (nSPS) is 11.5. The SMILES string of the molecule is c1ccc(-c2ccc(-c3ccc(N(c4ccc(-c5ccc6c(c5)sc5ccccc56)cc4)c4cccc5oc6ccccc6c45)cc3)cc2)cc1. The Balaban J connectivity index is 1.05. The maximum atomic E-state index is 6.34. The summed E-state index contributed by atoms with van der Waals surface area (Å²) in [4.78, 5) is 2.35. The van der Waals surface area contributed by atoms with Gasteiger partial charge in [0.2, 0.25) is 0 Å². The van der Waals surface area contributed by atoms with Crippen LogP contribution in [0.15, 0.2) is 192 Å². The monoisotopic (exact) mass is 669 g/mol. The predicted octanol–water partition coefficient (Wildman–Crippen LogP) is 14.4. The lowest BCUT2D eigenvalue weighted by Gasteiger charge is -2.26. The number of rotatable bonds is 6. The minimum absolute atomic E-state index is 0.877. The number of nitrogens with zero attached hydrogens (tertiary/aromatic N) is 1. The van der Waals surface area contributed by atoms with Gasteiger partial charge in [-0.2, -0.15) is 0 Å². The molecule has 10 rings (SSSR count). The molecule has 0 aliphatic carbocycles. The molecule has 0 unspecified atom stereocenters. The van der Waals surface area contributed by atoms with Gasteiger partial charge in [0.25, 0.3) is 0 Å². The third kappa shape index (κ3) is 5.18. The molecule has 0 aliphatic heterocycles. The van der Waals surface area contributed by atoms with Crippen molar-refractivity contribution >= 4 is 70.5 Å². The zero-order chi connectivity index (χ0) is 33.7. The van der Waals surface area contributed by atoms with E-state index in [1.54, 1.807) is 0 Å². The molecular weight excluding hydrogens is 639 g/mol. The molecule has 2 aromatic heterocycles. The minimum Gasteiger partial charge on any atom is -0.456 e. The summed E-state index contributed by atoms with van der Waals surface area (Å²) in [7, 11) is 0. The lowest BCUT2D eigenvalue weighted by atomic mass is 10.00. The van der Waals surface area contributed by atoms with Crippen LogP contribution in [-0.4, -0.2) is 0 Å². The molecule has 0 saturated carbocycles. The lowest BCUT2D eigenvalue weighted by Crippen LogP contribution is -2.10. The van der Waals surface area contributed by atoms with Crippen molar-refractivity contribution in [2.75, 3.05) is 4.90 Å². The molecule has 3 heteroatoms. The molecule has 8 aromatic carbocycles. The quantitative estimate of drug-likeness (QED) is 0.175. The van der Waals surface area contributed by atoms with E-state index in [1.807, 2.05) is 23.5 Å². The second-order valence-electron chi connectivity index (χ2n) is 12.9. The van der Waals surface area contributed by atoms with Gasteiger partial charge in [-0.15, -0.1) is 11.3 Å². The van der Waals surface area contributed by atoms with E-state index < -0.39 is 0 Å². The molecule has 0 fully saturated rings. The number of para-hydroxylation sites is 1. The number of furan rings is 1. The highest BCUT2D eigenvalue weighted by Crippen LogP contribution is 2.44. The molecule has 0 saturated heterocycles. The van der Waals surface area contributed by atoms with Crippen molar-refractivity contribution in [2.24, 2.45) is 0 Å². The third-order valence-corrected chi connectivity index (χ3v) is 11.0. The Morgan fingerprint density at radius 1 is 0.353 bits per heavy atom. The van der Waals surface area contributed by atoms with Gasteiger partial charge in [0.1, 0.15) is 11.2 Å². The fourth-order valence-electron chi connectivity index (χ4n) is 7.37. The van der Waals surface area contributed by atoms with Crippen molar-refractivity contribution < 1.29 is 4.42 Å². The second-order valence-corrected chi connectivity index (χ2v) is 14.0. The Morgan fingerprint density at radius 3 is 1.57 bits per heavy atom. The van der Waals surface area contributed by atoms with Crippen LogP contribution in [0.5, 0.6) is 0 Å². The highest BCUT2D eigenvalue weighted by atomic mass is 32.1. The van der Waals surface area contributed by atoms with Gasteiger partial charge in [-0.3, -0.25) is 0 Å². The van der Waals surface area contributed by atoms with Crippen molar-refractivity contribution in [1.29, 1.82) is 0 Å². The van der Waals surface area contributed by atoms with Crippen LogP contribution >= 0.6 is 11.3 Å². The molecule has 51 heavy (non-hydrogen) atoms. The Bertz CT molecular complexity index is 2830. The lowest BCUT2D eigenvalue weighted by molar-refractivity contribution is 0.669. The standard InChI is InChI=1S/C48H31NOS/c1-2-9-32(10-3-1)33-17-19-34(20-18-33)35-21-26-38(27-22-35)49(43-13-8-15-45-48(43)42-12-4-6-14-44(42)50-45)39-28-23-36(24-29-39)37-25-30-41-40-11-5-7-16-46(40)51-47(41)31-37/h1-31H. The molecule has 0 bridgehead atoms. The van der Waals surface area contributed by atoms with Gasteiger partial charge in [0.15, 0.2) is 0 Å². The molecule has 240 valence electrons. The maximum Gasteiger partial charge on any atom is 0.137 e. The van der Waals surface area contributed by atoms with Gasteiger partial charge in [-0.1, -0.05) is 133 Å². The summed E-state index contributed by atoms with van der Waals surface area (Å²) in [6.07, 6.45) is 0. The van der Waals surface area contributed by atoms with Gasteiger partial charge < -0.3 is 9.32 Å². The van der Waals surface area contributed by atoms with Crippen LogP contribution in [-0.2, 0) is 0 Å². The van der Waals surface area contributed by atoms with Gasteiger partial charge in [0, 0.05) is 36.9 Å². The highest BCUT2D eigenvalue weighted by molar-refractivity contribution is 7.25. The van der Waals surface area contributed by atoms with Crippen LogP contribution in [0.4, 0.5) is 17.1 Å². The van der Waals surface area contributed by atoms with Crippen LogP contribution in [0, 0.1) is 0 Å². The molecule has 0 radical (unpaired) electrons.